The van der Waals surface area contributed by atoms with Crippen molar-refractivity contribution in [2.24, 2.45) is 4.99 Å². The highest BCUT2D eigenvalue weighted by Gasteiger charge is 2.33. The topological polar surface area (TPSA) is 32.7 Å². The van der Waals surface area contributed by atoms with E-state index in [9.17, 15) is 4.79 Å². The lowest BCUT2D eigenvalue weighted by Crippen LogP contribution is -2.30. The largest absolute Gasteiger partial charge is 0.286 e. The van der Waals surface area contributed by atoms with Crippen LogP contribution < -0.4 is 0 Å². The van der Waals surface area contributed by atoms with Crippen molar-refractivity contribution in [3.8, 4) is 0 Å². The zero-order valence-electron chi connectivity index (χ0n) is 16.2. The SMILES string of the molecule is CSCCCN1C(=O)/C(=C/c2cccc(Cl)c2)SC1=Nc1cccc(C)c1C. The van der Waals surface area contributed by atoms with Gasteiger partial charge in [-0.25, -0.2) is 4.99 Å². The van der Waals surface area contributed by atoms with Crippen molar-refractivity contribution in [2.45, 2.75) is 20.3 Å². The zero-order valence-corrected chi connectivity index (χ0v) is 18.6. The number of nitrogens with zero attached hydrogens (tertiary/aromatic N) is 2. The Hall–Kier alpha value is -1.69. The molecule has 0 saturated carbocycles. The van der Waals surface area contributed by atoms with Crippen LogP contribution in [0.4, 0.5) is 5.69 Å². The van der Waals surface area contributed by atoms with Gasteiger partial charge in [0, 0.05) is 11.6 Å². The molecule has 146 valence electrons. The molecule has 1 heterocycles. The Bertz CT molecular complexity index is 940. The van der Waals surface area contributed by atoms with Crippen LogP contribution in [-0.2, 0) is 4.79 Å². The molecule has 3 nitrogen and oxygen atoms in total. The monoisotopic (exact) mass is 430 g/mol. The van der Waals surface area contributed by atoms with E-state index in [0.717, 1.165) is 34.2 Å². The summed E-state index contributed by atoms with van der Waals surface area (Å²) >= 11 is 9.31. The molecule has 0 N–H and O–H groups in total. The average Bonchev–Trinajstić information content (AvgIpc) is 2.94. The average molecular weight is 431 g/mol. The van der Waals surface area contributed by atoms with Crippen molar-refractivity contribution in [2.75, 3.05) is 18.6 Å². The lowest BCUT2D eigenvalue weighted by atomic mass is 10.1. The number of rotatable bonds is 6. The molecule has 0 bridgehead atoms. The molecule has 0 aliphatic carbocycles. The van der Waals surface area contributed by atoms with E-state index in [1.165, 1.54) is 17.3 Å². The summed E-state index contributed by atoms with van der Waals surface area (Å²) < 4.78 is 0. The Morgan fingerprint density at radius 3 is 2.75 bits per heavy atom. The molecule has 0 radical (unpaired) electrons. The van der Waals surface area contributed by atoms with E-state index in [-0.39, 0.29) is 5.91 Å². The highest BCUT2D eigenvalue weighted by molar-refractivity contribution is 8.18. The van der Waals surface area contributed by atoms with Gasteiger partial charge in [0.15, 0.2) is 5.17 Å². The van der Waals surface area contributed by atoms with E-state index in [2.05, 4.69) is 26.2 Å². The Kier molecular flexibility index (Phi) is 7.27. The maximum absolute atomic E-state index is 13.1. The number of hydrogen-bond acceptors (Lipinski definition) is 4. The number of benzene rings is 2. The molecular weight excluding hydrogens is 408 g/mol. The van der Waals surface area contributed by atoms with E-state index < -0.39 is 0 Å². The van der Waals surface area contributed by atoms with Crippen LogP contribution in [0, 0.1) is 13.8 Å². The second-order valence-electron chi connectivity index (χ2n) is 6.58. The minimum absolute atomic E-state index is 0.00938. The van der Waals surface area contributed by atoms with Crippen molar-refractivity contribution >= 4 is 58.0 Å². The Balaban J connectivity index is 1.95. The van der Waals surface area contributed by atoms with Gasteiger partial charge in [-0.2, -0.15) is 11.8 Å². The van der Waals surface area contributed by atoms with E-state index in [4.69, 9.17) is 16.6 Å². The molecule has 1 saturated heterocycles. The van der Waals surface area contributed by atoms with Crippen LogP contribution in [0.15, 0.2) is 52.4 Å². The Morgan fingerprint density at radius 2 is 2.00 bits per heavy atom. The summed E-state index contributed by atoms with van der Waals surface area (Å²) in [5, 5.41) is 1.40. The fourth-order valence-electron chi connectivity index (χ4n) is 2.86. The molecule has 6 heteroatoms. The molecule has 0 spiro atoms. The smallest absolute Gasteiger partial charge is 0.266 e. The van der Waals surface area contributed by atoms with Gasteiger partial charge in [0.2, 0.25) is 0 Å². The fraction of sp³-hybridized carbons (Fsp3) is 0.273. The zero-order chi connectivity index (χ0) is 20.1. The maximum Gasteiger partial charge on any atom is 0.266 e. The summed E-state index contributed by atoms with van der Waals surface area (Å²) in [6.45, 7) is 4.81. The van der Waals surface area contributed by atoms with E-state index in [1.807, 2.05) is 42.5 Å². The van der Waals surface area contributed by atoms with Gasteiger partial charge >= 0.3 is 0 Å². The predicted molar refractivity (Wildman–Crippen MR) is 125 cm³/mol. The molecule has 2 aromatic carbocycles. The molecule has 1 amide bonds. The number of aryl methyl sites for hydroxylation is 1. The third-order valence-electron chi connectivity index (χ3n) is 4.56. The molecule has 28 heavy (non-hydrogen) atoms. The fourth-order valence-corrected chi connectivity index (χ4v) is 4.50. The Morgan fingerprint density at radius 1 is 1.21 bits per heavy atom. The van der Waals surface area contributed by atoms with Crippen LogP contribution in [0.5, 0.6) is 0 Å². The summed E-state index contributed by atoms with van der Waals surface area (Å²) in [5.74, 6) is 1.02. The van der Waals surface area contributed by atoms with Crippen molar-refractivity contribution in [1.82, 2.24) is 4.90 Å². The number of thioether (sulfide) groups is 2. The molecule has 1 aliphatic heterocycles. The van der Waals surface area contributed by atoms with Crippen LogP contribution in [0.2, 0.25) is 5.02 Å². The van der Waals surface area contributed by atoms with Gasteiger partial charge in [0.1, 0.15) is 0 Å². The number of carbonyl (C=O) groups is 1. The van der Waals surface area contributed by atoms with E-state index in [0.29, 0.717) is 16.5 Å². The molecule has 1 fully saturated rings. The minimum Gasteiger partial charge on any atom is -0.286 e. The van der Waals surface area contributed by atoms with Crippen LogP contribution >= 0.6 is 35.1 Å². The molecule has 0 atom stereocenters. The highest BCUT2D eigenvalue weighted by atomic mass is 35.5. The molecule has 2 aromatic rings. The van der Waals surface area contributed by atoms with Gasteiger partial charge in [-0.15, -0.1) is 0 Å². The van der Waals surface area contributed by atoms with Crippen molar-refractivity contribution < 1.29 is 4.79 Å². The summed E-state index contributed by atoms with van der Waals surface area (Å²) in [7, 11) is 0. The van der Waals surface area contributed by atoms with E-state index >= 15 is 0 Å². The van der Waals surface area contributed by atoms with Crippen LogP contribution in [0.25, 0.3) is 6.08 Å². The van der Waals surface area contributed by atoms with Crippen LogP contribution in [-0.4, -0.2) is 34.5 Å². The second kappa shape index (κ2) is 9.68. The number of carbonyl (C=O) groups excluding carboxylic acids is 1. The lowest BCUT2D eigenvalue weighted by molar-refractivity contribution is -0.122. The number of halogens is 1. The van der Waals surface area contributed by atoms with Crippen LogP contribution in [0.3, 0.4) is 0 Å². The van der Waals surface area contributed by atoms with Crippen molar-refractivity contribution in [3.63, 3.8) is 0 Å². The standard InChI is InChI=1S/C22H23ClN2OS2/c1-15-7-4-10-19(16(15)2)24-22-25(11-6-12-27-3)21(26)20(28-22)14-17-8-5-9-18(23)13-17/h4-5,7-10,13-14H,6,11-12H2,1-3H3/b20-14-,24-22?. The third kappa shape index (κ3) is 5.02. The van der Waals surface area contributed by atoms with Crippen molar-refractivity contribution in [3.05, 3.63) is 69.1 Å². The number of amides is 1. The van der Waals surface area contributed by atoms with Gasteiger partial charge < -0.3 is 0 Å². The summed E-state index contributed by atoms with van der Waals surface area (Å²) in [4.78, 5) is 20.4. The van der Waals surface area contributed by atoms with Crippen molar-refractivity contribution in [1.29, 1.82) is 0 Å². The Labute approximate surface area is 180 Å². The van der Waals surface area contributed by atoms with Gasteiger partial charge in [0.05, 0.1) is 10.6 Å². The lowest BCUT2D eigenvalue weighted by Gasteiger charge is -2.15. The molecule has 1 aliphatic rings. The summed E-state index contributed by atoms with van der Waals surface area (Å²) in [5.41, 5.74) is 4.16. The van der Waals surface area contributed by atoms with Crippen LogP contribution in [0.1, 0.15) is 23.1 Å². The quantitative estimate of drug-likeness (QED) is 0.397. The maximum atomic E-state index is 13.1. The first-order valence-corrected chi connectivity index (χ1v) is 11.7. The highest BCUT2D eigenvalue weighted by Crippen LogP contribution is 2.35. The van der Waals surface area contributed by atoms with Gasteiger partial charge in [-0.1, -0.05) is 35.9 Å². The van der Waals surface area contributed by atoms with Gasteiger partial charge in [-0.05, 0) is 85.0 Å². The summed E-state index contributed by atoms with van der Waals surface area (Å²) in [6.07, 6.45) is 4.91. The number of amidine groups is 1. The van der Waals surface area contributed by atoms with E-state index in [1.54, 1.807) is 16.7 Å². The first-order chi connectivity index (χ1) is 13.5. The van der Waals surface area contributed by atoms with Gasteiger partial charge in [-0.3, -0.25) is 9.69 Å². The first kappa shape index (κ1) is 21.0. The number of hydrogen-bond donors (Lipinski definition) is 0. The number of aliphatic imine (C=N–C) groups is 1. The predicted octanol–water partition coefficient (Wildman–Crippen LogP) is 6.31. The third-order valence-corrected chi connectivity index (χ3v) is 6.50. The molecule has 3 rings (SSSR count). The molecular formula is C22H23ClN2OS2. The minimum atomic E-state index is 0.00938. The summed E-state index contributed by atoms with van der Waals surface area (Å²) in [6, 6.07) is 13.6. The second-order valence-corrected chi connectivity index (χ2v) is 9.01. The molecule has 0 unspecified atom stereocenters. The normalized spacial score (nSPS) is 17.1. The van der Waals surface area contributed by atoms with Gasteiger partial charge in [0.25, 0.3) is 5.91 Å². The molecule has 0 aromatic heterocycles. The first-order valence-electron chi connectivity index (χ1n) is 9.10.